The molecule has 0 aliphatic carbocycles. The number of hydrogen-bond acceptors (Lipinski definition) is 4. The van der Waals surface area contributed by atoms with Gasteiger partial charge in [-0.1, -0.05) is 18.2 Å². The normalized spacial score (nSPS) is 16.7. The Morgan fingerprint density at radius 2 is 2.13 bits per heavy atom. The number of benzene rings is 1. The van der Waals surface area contributed by atoms with E-state index in [1.165, 1.54) is 0 Å². The summed E-state index contributed by atoms with van der Waals surface area (Å²) in [5.41, 5.74) is 0.724. The fourth-order valence-corrected chi connectivity index (χ4v) is 3.13. The Hall–Kier alpha value is -2.34. The van der Waals surface area contributed by atoms with Gasteiger partial charge in [0.2, 0.25) is 5.91 Å². The first-order valence-electron chi connectivity index (χ1n) is 7.51. The predicted molar refractivity (Wildman–Crippen MR) is 89.7 cm³/mol. The molecule has 1 aromatic carbocycles. The molecule has 2 aromatic rings. The van der Waals surface area contributed by atoms with Gasteiger partial charge in [-0.25, -0.2) is 0 Å². The average molecular weight is 330 g/mol. The van der Waals surface area contributed by atoms with Gasteiger partial charge in [-0.15, -0.1) is 11.3 Å². The van der Waals surface area contributed by atoms with Gasteiger partial charge in [0.1, 0.15) is 5.75 Å². The number of nitrogens with zero attached hydrogens (tertiary/aromatic N) is 1. The van der Waals surface area contributed by atoms with E-state index in [9.17, 15) is 9.59 Å². The first kappa shape index (κ1) is 15.6. The van der Waals surface area contributed by atoms with E-state index in [2.05, 4.69) is 5.32 Å². The topological polar surface area (TPSA) is 58.6 Å². The molecule has 0 spiro atoms. The van der Waals surface area contributed by atoms with Crippen LogP contribution in [0.5, 0.6) is 5.75 Å². The lowest BCUT2D eigenvalue weighted by Gasteiger charge is -2.32. The van der Waals surface area contributed by atoms with Crippen molar-refractivity contribution < 1.29 is 14.3 Å². The molecule has 5 nitrogen and oxygen atoms in total. The van der Waals surface area contributed by atoms with Crippen molar-refractivity contribution in [2.24, 2.45) is 0 Å². The van der Waals surface area contributed by atoms with Crippen molar-refractivity contribution in [3.05, 3.63) is 46.7 Å². The van der Waals surface area contributed by atoms with Crippen LogP contribution in [0.25, 0.3) is 0 Å². The summed E-state index contributed by atoms with van der Waals surface area (Å²) in [5, 5.41) is 4.86. The molecule has 0 fully saturated rings. The molecular weight excluding hydrogens is 312 g/mol. The molecule has 2 amide bonds. The minimum absolute atomic E-state index is 0.0668. The third-order valence-corrected chi connectivity index (χ3v) is 4.55. The summed E-state index contributed by atoms with van der Waals surface area (Å²) in [4.78, 5) is 27.1. The van der Waals surface area contributed by atoms with Crippen LogP contribution in [0.4, 0.5) is 5.69 Å². The zero-order chi connectivity index (χ0) is 16.2. The summed E-state index contributed by atoms with van der Waals surface area (Å²) >= 11 is 1.61. The molecule has 6 heteroatoms. The number of carbonyl (C=O) groups is 2. The smallest absolute Gasteiger partial charge is 0.267 e. The molecule has 120 valence electrons. The van der Waals surface area contributed by atoms with E-state index < -0.39 is 6.10 Å². The SMILES string of the molecule is C[C@H]1Oc2ccccc2N(CCC(=O)NCc2cccs2)C1=O. The standard InChI is InChI=1S/C17H18N2O3S/c1-12-17(21)19(14-6-2-3-7-15(14)22-12)9-8-16(20)18-11-13-5-4-10-23-13/h2-7,10,12H,8-9,11H2,1H3,(H,18,20)/t12-/m1/s1. The van der Waals surface area contributed by atoms with E-state index in [-0.39, 0.29) is 18.2 Å². The van der Waals surface area contributed by atoms with Crippen molar-refractivity contribution in [1.29, 1.82) is 0 Å². The number of carbonyl (C=O) groups excluding carboxylic acids is 2. The van der Waals surface area contributed by atoms with Crippen LogP contribution in [0, 0.1) is 0 Å². The number of fused-ring (bicyclic) bond motifs is 1. The van der Waals surface area contributed by atoms with E-state index >= 15 is 0 Å². The maximum Gasteiger partial charge on any atom is 0.267 e. The van der Waals surface area contributed by atoms with Gasteiger partial charge in [0.15, 0.2) is 6.10 Å². The highest BCUT2D eigenvalue weighted by Crippen LogP contribution is 2.33. The average Bonchev–Trinajstić information content (AvgIpc) is 3.07. The molecule has 23 heavy (non-hydrogen) atoms. The highest BCUT2D eigenvalue weighted by Gasteiger charge is 2.31. The summed E-state index contributed by atoms with van der Waals surface area (Å²) in [6.45, 7) is 2.60. The Balaban J connectivity index is 1.60. The summed E-state index contributed by atoms with van der Waals surface area (Å²) in [6.07, 6.45) is -0.267. The highest BCUT2D eigenvalue weighted by molar-refractivity contribution is 7.09. The van der Waals surface area contributed by atoms with Crippen molar-refractivity contribution in [1.82, 2.24) is 5.32 Å². The van der Waals surface area contributed by atoms with Crippen molar-refractivity contribution in [2.75, 3.05) is 11.4 Å². The van der Waals surface area contributed by atoms with E-state index in [1.54, 1.807) is 23.2 Å². The molecule has 0 bridgehead atoms. The van der Waals surface area contributed by atoms with Gasteiger partial charge in [0.05, 0.1) is 12.2 Å². The second kappa shape index (κ2) is 6.83. The van der Waals surface area contributed by atoms with Gasteiger partial charge in [-0.05, 0) is 30.5 Å². The van der Waals surface area contributed by atoms with Crippen LogP contribution in [0.15, 0.2) is 41.8 Å². The highest BCUT2D eigenvalue weighted by atomic mass is 32.1. The summed E-state index contributed by atoms with van der Waals surface area (Å²) in [7, 11) is 0. The van der Waals surface area contributed by atoms with Crippen LogP contribution < -0.4 is 15.0 Å². The maximum atomic E-state index is 12.3. The van der Waals surface area contributed by atoms with Gasteiger partial charge < -0.3 is 15.0 Å². The minimum Gasteiger partial charge on any atom is -0.479 e. The monoisotopic (exact) mass is 330 g/mol. The molecule has 1 aliphatic rings. The van der Waals surface area contributed by atoms with Gasteiger partial charge in [0, 0.05) is 17.8 Å². The van der Waals surface area contributed by atoms with Crippen LogP contribution in [-0.4, -0.2) is 24.5 Å². The number of rotatable bonds is 5. The van der Waals surface area contributed by atoms with Crippen LogP contribution in [0.3, 0.4) is 0 Å². The number of thiophene rings is 1. The zero-order valence-corrected chi connectivity index (χ0v) is 13.6. The fraction of sp³-hybridized carbons (Fsp3) is 0.294. The molecular formula is C17H18N2O3S. The number of hydrogen-bond donors (Lipinski definition) is 1. The van der Waals surface area contributed by atoms with E-state index in [0.717, 1.165) is 10.6 Å². The third-order valence-electron chi connectivity index (χ3n) is 3.68. The predicted octanol–water partition coefficient (Wildman–Crippen LogP) is 2.57. The largest absolute Gasteiger partial charge is 0.479 e. The molecule has 0 radical (unpaired) electrons. The Kier molecular flexibility index (Phi) is 4.62. The quantitative estimate of drug-likeness (QED) is 0.917. The molecule has 0 unspecified atom stereocenters. The number of nitrogens with one attached hydrogen (secondary N) is 1. The molecule has 2 heterocycles. The number of amides is 2. The zero-order valence-electron chi connectivity index (χ0n) is 12.8. The molecule has 0 saturated carbocycles. The first-order chi connectivity index (χ1) is 11.1. The van der Waals surface area contributed by atoms with E-state index in [4.69, 9.17) is 4.74 Å². The van der Waals surface area contributed by atoms with Crippen molar-refractivity contribution >= 4 is 28.8 Å². The second-order valence-electron chi connectivity index (χ2n) is 5.32. The summed E-state index contributed by atoms with van der Waals surface area (Å²) in [5.74, 6) is 0.496. The van der Waals surface area contributed by atoms with Gasteiger partial charge >= 0.3 is 0 Å². The Bertz CT molecular complexity index is 700. The fourth-order valence-electron chi connectivity index (χ4n) is 2.49. The molecule has 1 N–H and O–H groups in total. The number of para-hydroxylation sites is 2. The Morgan fingerprint density at radius 1 is 1.30 bits per heavy atom. The minimum atomic E-state index is -0.529. The lowest BCUT2D eigenvalue weighted by molar-refractivity contribution is -0.125. The van der Waals surface area contributed by atoms with Crippen LogP contribution in [-0.2, 0) is 16.1 Å². The van der Waals surface area contributed by atoms with Crippen LogP contribution >= 0.6 is 11.3 Å². The van der Waals surface area contributed by atoms with Crippen molar-refractivity contribution in [3.8, 4) is 5.75 Å². The molecule has 3 rings (SSSR count). The summed E-state index contributed by atoms with van der Waals surface area (Å²) in [6, 6.07) is 11.3. The van der Waals surface area contributed by atoms with Gasteiger partial charge in [-0.3, -0.25) is 9.59 Å². The van der Waals surface area contributed by atoms with E-state index in [1.807, 2.05) is 41.8 Å². The molecule has 1 aromatic heterocycles. The molecule has 1 atom stereocenters. The van der Waals surface area contributed by atoms with Crippen molar-refractivity contribution in [3.63, 3.8) is 0 Å². The Labute approximate surface area is 138 Å². The number of anilines is 1. The first-order valence-corrected chi connectivity index (χ1v) is 8.39. The van der Waals surface area contributed by atoms with Crippen LogP contribution in [0.1, 0.15) is 18.2 Å². The lowest BCUT2D eigenvalue weighted by atomic mass is 10.1. The van der Waals surface area contributed by atoms with Crippen molar-refractivity contribution in [2.45, 2.75) is 26.0 Å². The summed E-state index contributed by atoms with van der Waals surface area (Å²) < 4.78 is 5.59. The Morgan fingerprint density at radius 3 is 2.91 bits per heavy atom. The third kappa shape index (κ3) is 3.53. The van der Waals surface area contributed by atoms with Gasteiger partial charge in [0.25, 0.3) is 5.91 Å². The van der Waals surface area contributed by atoms with Crippen LogP contribution in [0.2, 0.25) is 0 Å². The number of ether oxygens (including phenoxy) is 1. The van der Waals surface area contributed by atoms with Gasteiger partial charge in [-0.2, -0.15) is 0 Å². The molecule has 1 aliphatic heterocycles. The lowest BCUT2D eigenvalue weighted by Crippen LogP contribution is -2.45. The maximum absolute atomic E-state index is 12.3. The molecule has 0 saturated heterocycles. The van der Waals surface area contributed by atoms with E-state index in [0.29, 0.717) is 18.8 Å². The second-order valence-corrected chi connectivity index (χ2v) is 6.36.